The molecule has 1 fully saturated rings. The van der Waals surface area contributed by atoms with Crippen molar-refractivity contribution in [2.45, 2.75) is 38.8 Å². The van der Waals surface area contributed by atoms with Gasteiger partial charge in [0.15, 0.2) is 0 Å². The van der Waals surface area contributed by atoms with Crippen molar-refractivity contribution in [3.63, 3.8) is 0 Å². The predicted molar refractivity (Wildman–Crippen MR) is 92.6 cm³/mol. The van der Waals surface area contributed by atoms with E-state index in [1.807, 2.05) is 0 Å². The summed E-state index contributed by atoms with van der Waals surface area (Å²) in [5.41, 5.74) is 4.04. The zero-order valence-electron chi connectivity index (χ0n) is 14.5. The van der Waals surface area contributed by atoms with Crippen LogP contribution in [-0.4, -0.2) is 57.5 Å². The predicted octanol–water partition coefficient (Wildman–Crippen LogP) is 1.04. The van der Waals surface area contributed by atoms with Gasteiger partial charge >= 0.3 is 0 Å². The number of halogens is 2. The van der Waals surface area contributed by atoms with E-state index < -0.39 is 18.5 Å². The van der Waals surface area contributed by atoms with Crippen molar-refractivity contribution in [3.05, 3.63) is 39.6 Å². The van der Waals surface area contributed by atoms with E-state index in [4.69, 9.17) is 0 Å². The molecule has 2 aromatic heterocycles. The number of hydrogen-bond acceptors (Lipinski definition) is 5. The molecular weight excluding hydrogens is 342 g/mol. The van der Waals surface area contributed by atoms with Gasteiger partial charge in [0.2, 0.25) is 0 Å². The van der Waals surface area contributed by atoms with E-state index in [0.717, 1.165) is 55.9 Å². The Morgan fingerprint density at radius 1 is 1.19 bits per heavy atom. The van der Waals surface area contributed by atoms with E-state index in [1.54, 1.807) is 0 Å². The first-order chi connectivity index (χ1) is 12.6. The van der Waals surface area contributed by atoms with Gasteiger partial charge in [0, 0.05) is 44.5 Å². The monoisotopic (exact) mass is 364 g/mol. The van der Waals surface area contributed by atoms with Gasteiger partial charge in [-0.05, 0) is 24.8 Å². The fourth-order valence-corrected chi connectivity index (χ4v) is 3.76. The van der Waals surface area contributed by atoms with Crippen LogP contribution < -0.4 is 10.5 Å². The van der Waals surface area contributed by atoms with Crippen LogP contribution in [0.4, 0.5) is 14.5 Å². The topological polar surface area (TPSA) is 70.1 Å². The summed E-state index contributed by atoms with van der Waals surface area (Å²) >= 11 is 0. The molecule has 9 heteroatoms. The van der Waals surface area contributed by atoms with E-state index in [0.29, 0.717) is 5.69 Å². The number of hydrogen-bond donors (Lipinski definition) is 1. The Morgan fingerprint density at radius 3 is 2.73 bits per heavy atom. The number of alkyl halides is 2. The molecular formula is C17H22F2N6O. The largest absolute Gasteiger partial charge is 0.368 e. The summed E-state index contributed by atoms with van der Waals surface area (Å²) in [6.07, 6.45) is 2.33. The Balaban J connectivity index is 1.36. The molecule has 2 aromatic rings. The van der Waals surface area contributed by atoms with Crippen LogP contribution in [-0.2, 0) is 25.9 Å². The van der Waals surface area contributed by atoms with Crippen LogP contribution >= 0.6 is 0 Å². The number of aromatic amines is 1. The van der Waals surface area contributed by atoms with Crippen molar-refractivity contribution in [3.8, 4) is 0 Å². The molecule has 1 aliphatic carbocycles. The standard InChI is InChI=1S/C17H22F2N6O/c18-16(19)11-25-17(26)8-12(9-20-25)24-6-4-23(5-7-24)10-15-13-2-1-3-14(13)21-22-15/h8-9,16H,1-7,10-11H2,(H,21,22). The number of anilines is 1. The highest BCUT2D eigenvalue weighted by Gasteiger charge is 2.23. The van der Waals surface area contributed by atoms with E-state index in [2.05, 4.69) is 25.1 Å². The van der Waals surface area contributed by atoms with Gasteiger partial charge in [0.05, 0.1) is 17.6 Å². The molecule has 1 N–H and O–H groups in total. The third-order valence-electron chi connectivity index (χ3n) is 5.17. The molecule has 7 nitrogen and oxygen atoms in total. The van der Waals surface area contributed by atoms with Crippen LogP contribution in [0, 0.1) is 0 Å². The third kappa shape index (κ3) is 3.48. The maximum Gasteiger partial charge on any atom is 0.269 e. The van der Waals surface area contributed by atoms with Crippen LogP contribution in [0.1, 0.15) is 23.4 Å². The number of fused-ring (bicyclic) bond motifs is 1. The molecule has 1 aliphatic heterocycles. The number of aromatic nitrogens is 4. The number of aryl methyl sites for hydroxylation is 1. The molecule has 2 aliphatic rings. The molecule has 0 spiro atoms. The molecule has 1 saturated heterocycles. The number of H-pyrrole nitrogens is 1. The lowest BCUT2D eigenvalue weighted by Gasteiger charge is -2.35. The normalized spacial score (nSPS) is 17.9. The summed E-state index contributed by atoms with van der Waals surface area (Å²) in [5.74, 6) is 0. The fraction of sp³-hybridized carbons (Fsp3) is 0.588. The highest BCUT2D eigenvalue weighted by atomic mass is 19.3. The number of piperazine rings is 1. The van der Waals surface area contributed by atoms with E-state index in [-0.39, 0.29) is 0 Å². The van der Waals surface area contributed by atoms with Crippen LogP contribution in [0.15, 0.2) is 17.1 Å². The Morgan fingerprint density at radius 2 is 2.00 bits per heavy atom. The van der Waals surface area contributed by atoms with Gasteiger partial charge in [-0.25, -0.2) is 13.5 Å². The molecule has 0 saturated carbocycles. The van der Waals surface area contributed by atoms with Crippen molar-refractivity contribution in [2.24, 2.45) is 0 Å². The molecule has 140 valence electrons. The first-order valence-electron chi connectivity index (χ1n) is 8.98. The number of nitrogens with one attached hydrogen (secondary N) is 1. The Hall–Kier alpha value is -2.29. The van der Waals surface area contributed by atoms with Crippen LogP contribution in [0.2, 0.25) is 0 Å². The molecule has 0 radical (unpaired) electrons. The maximum atomic E-state index is 12.4. The van der Waals surface area contributed by atoms with E-state index in [1.165, 1.54) is 29.9 Å². The van der Waals surface area contributed by atoms with Gasteiger partial charge in [-0.1, -0.05) is 0 Å². The van der Waals surface area contributed by atoms with Crippen molar-refractivity contribution in [1.82, 2.24) is 24.9 Å². The summed E-state index contributed by atoms with van der Waals surface area (Å²) in [6.45, 7) is 3.44. The maximum absolute atomic E-state index is 12.4. The van der Waals surface area contributed by atoms with Crippen molar-refractivity contribution >= 4 is 5.69 Å². The lowest BCUT2D eigenvalue weighted by atomic mass is 10.2. The fourth-order valence-electron chi connectivity index (χ4n) is 3.76. The summed E-state index contributed by atoms with van der Waals surface area (Å²) in [7, 11) is 0. The molecule has 0 atom stereocenters. The summed E-state index contributed by atoms with van der Waals surface area (Å²) < 4.78 is 25.6. The highest BCUT2D eigenvalue weighted by molar-refractivity contribution is 5.43. The minimum atomic E-state index is -2.59. The Kier molecular flexibility index (Phi) is 4.71. The zero-order chi connectivity index (χ0) is 18.1. The highest BCUT2D eigenvalue weighted by Crippen LogP contribution is 2.24. The second kappa shape index (κ2) is 7.14. The molecule has 0 bridgehead atoms. The minimum Gasteiger partial charge on any atom is -0.368 e. The van der Waals surface area contributed by atoms with Crippen molar-refractivity contribution in [2.75, 3.05) is 31.1 Å². The molecule has 0 unspecified atom stereocenters. The smallest absolute Gasteiger partial charge is 0.269 e. The zero-order valence-corrected chi connectivity index (χ0v) is 14.5. The number of nitrogens with zero attached hydrogens (tertiary/aromatic N) is 5. The summed E-state index contributed by atoms with van der Waals surface area (Å²) in [4.78, 5) is 16.4. The second-order valence-electron chi connectivity index (χ2n) is 6.87. The van der Waals surface area contributed by atoms with Crippen LogP contribution in [0.5, 0.6) is 0 Å². The summed E-state index contributed by atoms with van der Waals surface area (Å²) in [5, 5.41) is 11.5. The quantitative estimate of drug-likeness (QED) is 0.859. The first-order valence-corrected chi connectivity index (χ1v) is 8.98. The van der Waals surface area contributed by atoms with Gasteiger partial charge < -0.3 is 4.90 Å². The van der Waals surface area contributed by atoms with Gasteiger partial charge in [-0.3, -0.25) is 14.8 Å². The Labute approximate surface area is 149 Å². The first kappa shape index (κ1) is 17.1. The minimum absolute atomic E-state index is 0.489. The van der Waals surface area contributed by atoms with Crippen molar-refractivity contribution < 1.29 is 8.78 Å². The Bertz CT molecular complexity index is 825. The number of rotatable bonds is 5. The van der Waals surface area contributed by atoms with E-state index >= 15 is 0 Å². The second-order valence-corrected chi connectivity index (χ2v) is 6.87. The molecule has 0 amide bonds. The third-order valence-corrected chi connectivity index (χ3v) is 5.17. The molecule has 0 aromatic carbocycles. The van der Waals surface area contributed by atoms with Crippen LogP contribution in [0.3, 0.4) is 0 Å². The summed E-state index contributed by atoms with van der Waals surface area (Å²) in [6, 6.07) is 1.39. The lowest BCUT2D eigenvalue weighted by Crippen LogP contribution is -2.46. The van der Waals surface area contributed by atoms with Gasteiger partial charge in [0.1, 0.15) is 6.54 Å². The van der Waals surface area contributed by atoms with Crippen molar-refractivity contribution in [1.29, 1.82) is 0 Å². The van der Waals surface area contributed by atoms with Crippen LogP contribution in [0.25, 0.3) is 0 Å². The SMILES string of the molecule is O=c1cc(N2CCN(Cc3n[nH]c4c3CCC4)CC2)cnn1CC(F)F. The average molecular weight is 364 g/mol. The van der Waals surface area contributed by atoms with E-state index in [9.17, 15) is 13.6 Å². The molecule has 4 rings (SSSR count). The van der Waals surface area contributed by atoms with Gasteiger partial charge in [0.25, 0.3) is 12.0 Å². The molecule has 26 heavy (non-hydrogen) atoms. The van der Waals surface area contributed by atoms with Gasteiger partial charge in [-0.15, -0.1) is 0 Å². The molecule has 3 heterocycles. The average Bonchev–Trinajstić information content (AvgIpc) is 3.22. The lowest BCUT2D eigenvalue weighted by molar-refractivity contribution is 0.119. The van der Waals surface area contributed by atoms with Gasteiger partial charge in [-0.2, -0.15) is 10.2 Å².